The smallest absolute Gasteiger partial charge is 0.306 e. The van der Waals surface area contributed by atoms with E-state index in [1.165, 1.54) is 0 Å². The summed E-state index contributed by atoms with van der Waals surface area (Å²) in [7, 11) is 3.09. The molecule has 1 rings (SSSR count). The lowest BCUT2D eigenvalue weighted by Gasteiger charge is -2.27. The van der Waals surface area contributed by atoms with Crippen LogP contribution in [-0.4, -0.2) is 31.6 Å². The maximum absolute atomic E-state index is 11.1. The highest BCUT2D eigenvalue weighted by atomic mass is 16.7. The van der Waals surface area contributed by atoms with Gasteiger partial charge in [-0.2, -0.15) is 0 Å². The zero-order valence-electron chi connectivity index (χ0n) is 9.18. The highest BCUT2D eigenvalue weighted by molar-refractivity contribution is 5.70. The summed E-state index contributed by atoms with van der Waals surface area (Å²) in [4.78, 5) is 11.1. The van der Waals surface area contributed by atoms with Gasteiger partial charge in [0.15, 0.2) is 6.29 Å². The third-order valence-electron chi connectivity index (χ3n) is 2.87. The fourth-order valence-corrected chi connectivity index (χ4v) is 2.08. The molecule has 0 aromatic rings. The number of aliphatic carboxylic acids is 1. The van der Waals surface area contributed by atoms with E-state index in [9.17, 15) is 4.79 Å². The van der Waals surface area contributed by atoms with Crippen LogP contribution < -0.4 is 0 Å². The summed E-state index contributed by atoms with van der Waals surface area (Å²) in [6, 6.07) is 0. The van der Waals surface area contributed by atoms with Crippen molar-refractivity contribution >= 4 is 5.97 Å². The van der Waals surface area contributed by atoms with Crippen LogP contribution in [0.2, 0.25) is 0 Å². The summed E-state index contributed by atoms with van der Waals surface area (Å²) < 4.78 is 10.3. The molecule has 15 heavy (non-hydrogen) atoms. The topological polar surface area (TPSA) is 55.8 Å². The summed E-state index contributed by atoms with van der Waals surface area (Å²) in [6.07, 6.45) is 5.77. The van der Waals surface area contributed by atoms with Crippen LogP contribution >= 0.6 is 0 Å². The van der Waals surface area contributed by atoms with Crippen LogP contribution in [0.4, 0.5) is 0 Å². The first kappa shape index (κ1) is 12.2. The van der Waals surface area contributed by atoms with Crippen molar-refractivity contribution in [1.82, 2.24) is 0 Å². The van der Waals surface area contributed by atoms with E-state index in [0.29, 0.717) is 12.8 Å². The Kier molecular flexibility index (Phi) is 4.78. The first-order valence-electron chi connectivity index (χ1n) is 5.14. The quantitative estimate of drug-likeness (QED) is 0.571. The molecule has 0 aromatic heterocycles. The monoisotopic (exact) mass is 214 g/mol. The molecule has 0 fully saturated rings. The normalized spacial score (nSPS) is 26.6. The largest absolute Gasteiger partial charge is 0.481 e. The van der Waals surface area contributed by atoms with E-state index in [4.69, 9.17) is 14.6 Å². The van der Waals surface area contributed by atoms with Gasteiger partial charge in [0.2, 0.25) is 0 Å². The number of hydrogen-bond donors (Lipinski definition) is 1. The van der Waals surface area contributed by atoms with E-state index in [-0.39, 0.29) is 11.8 Å². The molecule has 1 aliphatic rings. The molecule has 0 spiro atoms. The summed E-state index contributed by atoms with van der Waals surface area (Å²) >= 11 is 0. The van der Waals surface area contributed by atoms with Gasteiger partial charge in [-0.15, -0.1) is 0 Å². The van der Waals surface area contributed by atoms with Crippen molar-refractivity contribution in [3.63, 3.8) is 0 Å². The Morgan fingerprint density at radius 3 is 2.60 bits per heavy atom. The molecule has 2 atom stereocenters. The highest BCUT2D eigenvalue weighted by Crippen LogP contribution is 2.29. The molecule has 0 heterocycles. The number of ether oxygens (including phenoxy) is 2. The van der Waals surface area contributed by atoms with Gasteiger partial charge in [-0.05, 0) is 19.3 Å². The average Bonchev–Trinajstić information content (AvgIpc) is 2.45. The molecular formula is C11H18O4. The van der Waals surface area contributed by atoms with Crippen molar-refractivity contribution in [1.29, 1.82) is 0 Å². The van der Waals surface area contributed by atoms with Gasteiger partial charge in [-0.1, -0.05) is 12.2 Å². The summed E-state index contributed by atoms with van der Waals surface area (Å²) in [5.74, 6) is -1.25. The molecule has 0 bridgehead atoms. The molecule has 0 radical (unpaired) electrons. The molecule has 0 saturated heterocycles. The van der Waals surface area contributed by atoms with Crippen LogP contribution in [0.5, 0.6) is 0 Å². The Hall–Kier alpha value is -0.870. The number of methoxy groups -OCH3 is 2. The van der Waals surface area contributed by atoms with E-state index in [1.54, 1.807) is 14.2 Å². The maximum atomic E-state index is 11.1. The molecule has 0 aliphatic heterocycles. The van der Waals surface area contributed by atoms with Crippen LogP contribution in [0.1, 0.15) is 19.3 Å². The zero-order valence-corrected chi connectivity index (χ0v) is 9.18. The van der Waals surface area contributed by atoms with Crippen molar-refractivity contribution in [3.8, 4) is 0 Å². The maximum Gasteiger partial charge on any atom is 0.306 e. The van der Waals surface area contributed by atoms with Crippen molar-refractivity contribution in [2.45, 2.75) is 25.6 Å². The van der Waals surface area contributed by atoms with E-state index >= 15 is 0 Å². The number of carboxylic acid groups (broad SMARTS) is 1. The van der Waals surface area contributed by atoms with Crippen LogP contribution in [0.3, 0.4) is 0 Å². The van der Waals surface area contributed by atoms with Crippen molar-refractivity contribution in [3.05, 3.63) is 12.2 Å². The van der Waals surface area contributed by atoms with E-state index < -0.39 is 12.3 Å². The highest BCUT2D eigenvalue weighted by Gasteiger charge is 2.34. The zero-order chi connectivity index (χ0) is 11.3. The van der Waals surface area contributed by atoms with E-state index in [2.05, 4.69) is 0 Å². The molecule has 4 heteroatoms. The van der Waals surface area contributed by atoms with Crippen LogP contribution in [0, 0.1) is 11.8 Å². The number of rotatable bonds is 4. The lowest BCUT2D eigenvalue weighted by molar-refractivity contribution is -0.167. The fourth-order valence-electron chi connectivity index (χ4n) is 2.08. The summed E-state index contributed by atoms with van der Waals surface area (Å²) in [5.41, 5.74) is 0. The Labute approximate surface area is 89.9 Å². The van der Waals surface area contributed by atoms with Crippen molar-refractivity contribution in [2.75, 3.05) is 14.2 Å². The third-order valence-corrected chi connectivity index (χ3v) is 2.87. The van der Waals surface area contributed by atoms with Gasteiger partial charge in [0.25, 0.3) is 0 Å². The van der Waals surface area contributed by atoms with Gasteiger partial charge >= 0.3 is 5.97 Å². The predicted molar refractivity (Wildman–Crippen MR) is 55.4 cm³/mol. The van der Waals surface area contributed by atoms with Crippen LogP contribution in [0.15, 0.2) is 12.2 Å². The molecule has 0 aromatic carbocycles. The second kappa shape index (κ2) is 5.88. The van der Waals surface area contributed by atoms with Crippen molar-refractivity contribution < 1.29 is 19.4 Å². The Bertz CT molecular complexity index is 233. The van der Waals surface area contributed by atoms with Gasteiger partial charge in [0.1, 0.15) is 0 Å². The van der Waals surface area contributed by atoms with Crippen LogP contribution in [0.25, 0.3) is 0 Å². The minimum atomic E-state index is -0.761. The first-order chi connectivity index (χ1) is 7.20. The second-order valence-electron chi connectivity index (χ2n) is 3.73. The molecular weight excluding hydrogens is 196 g/mol. The van der Waals surface area contributed by atoms with Gasteiger partial charge < -0.3 is 14.6 Å². The third kappa shape index (κ3) is 3.04. The number of allylic oxidation sites excluding steroid dienone is 2. The Morgan fingerprint density at radius 1 is 1.40 bits per heavy atom. The molecule has 0 saturated carbocycles. The number of carbonyl (C=O) groups is 1. The summed E-state index contributed by atoms with van der Waals surface area (Å²) in [6.45, 7) is 0. The molecule has 0 amide bonds. The standard InChI is InChI=1S/C11H18O4/c1-14-11(15-2)9-7-5-3-4-6-8(9)10(12)13/h3,5,8-9,11H,4,6-7H2,1-2H3,(H,12,13)/t8-,9-/m0/s1. The molecule has 1 N–H and O–H groups in total. The minimum Gasteiger partial charge on any atom is -0.481 e. The van der Waals surface area contributed by atoms with Gasteiger partial charge in [0, 0.05) is 20.1 Å². The number of carboxylic acids is 1. The molecule has 0 unspecified atom stereocenters. The molecule has 1 aliphatic carbocycles. The fraction of sp³-hybridized carbons (Fsp3) is 0.727. The molecule has 4 nitrogen and oxygen atoms in total. The van der Waals surface area contributed by atoms with Crippen LogP contribution in [-0.2, 0) is 14.3 Å². The van der Waals surface area contributed by atoms with Gasteiger partial charge in [-0.25, -0.2) is 0 Å². The average molecular weight is 214 g/mol. The first-order valence-corrected chi connectivity index (χ1v) is 5.14. The number of hydrogen-bond acceptors (Lipinski definition) is 3. The lowest BCUT2D eigenvalue weighted by Crippen LogP contribution is -2.34. The summed E-state index contributed by atoms with van der Waals surface area (Å²) in [5, 5.41) is 9.13. The molecule has 86 valence electrons. The van der Waals surface area contributed by atoms with Gasteiger partial charge in [-0.3, -0.25) is 4.79 Å². The van der Waals surface area contributed by atoms with E-state index in [1.807, 2.05) is 12.2 Å². The lowest BCUT2D eigenvalue weighted by atomic mass is 9.87. The van der Waals surface area contributed by atoms with E-state index in [0.717, 1.165) is 6.42 Å². The SMILES string of the molecule is COC(OC)[C@H]1CC=CCC[C@@H]1C(=O)O. The Balaban J connectivity index is 2.77. The minimum absolute atomic E-state index is 0.101. The predicted octanol–water partition coefficient (Wildman–Crippen LogP) is 1.66. The second-order valence-corrected chi connectivity index (χ2v) is 3.73. The Morgan fingerprint density at radius 2 is 2.07 bits per heavy atom. The van der Waals surface area contributed by atoms with Crippen molar-refractivity contribution in [2.24, 2.45) is 11.8 Å². The van der Waals surface area contributed by atoms with Gasteiger partial charge in [0.05, 0.1) is 5.92 Å².